The highest BCUT2D eigenvalue weighted by atomic mass is 19.1. The summed E-state index contributed by atoms with van der Waals surface area (Å²) >= 11 is 0. The smallest absolute Gasteiger partial charge is 0.129 e. The summed E-state index contributed by atoms with van der Waals surface area (Å²) in [5.41, 5.74) is 7.02. The molecular formula is C15H25FN2. The molecule has 2 nitrogen and oxygen atoms in total. The molecule has 0 fully saturated rings. The Labute approximate surface area is 110 Å². The Morgan fingerprint density at radius 3 is 2.50 bits per heavy atom. The maximum absolute atomic E-state index is 13.8. The molecule has 0 aliphatic heterocycles. The van der Waals surface area contributed by atoms with Gasteiger partial charge < -0.3 is 10.6 Å². The average molecular weight is 252 g/mol. The fourth-order valence-corrected chi connectivity index (χ4v) is 2.10. The lowest BCUT2D eigenvalue weighted by molar-refractivity contribution is 0.600. The van der Waals surface area contributed by atoms with E-state index in [4.69, 9.17) is 5.73 Å². The second kappa shape index (κ2) is 7.37. The van der Waals surface area contributed by atoms with Crippen LogP contribution in [0.3, 0.4) is 0 Å². The van der Waals surface area contributed by atoms with Crippen molar-refractivity contribution in [3.63, 3.8) is 0 Å². The zero-order valence-electron chi connectivity index (χ0n) is 11.7. The molecule has 0 aliphatic carbocycles. The van der Waals surface area contributed by atoms with Gasteiger partial charge in [0.25, 0.3) is 0 Å². The molecule has 0 bridgehead atoms. The van der Waals surface area contributed by atoms with Crippen molar-refractivity contribution in [3.8, 4) is 0 Å². The fourth-order valence-electron chi connectivity index (χ4n) is 2.10. The van der Waals surface area contributed by atoms with Crippen LogP contribution in [0, 0.1) is 5.82 Å². The number of anilines is 1. The molecule has 0 aromatic heterocycles. The third-order valence-electron chi connectivity index (χ3n) is 3.21. The standard InChI is InChI=1S/C15H25FN2/c1-4-5-6-9-18(12(2)3)14-8-7-13(11-17)15(16)10-14/h7-8,10,12H,4-6,9,11,17H2,1-3H3. The number of unbranched alkanes of at least 4 members (excludes halogenated alkanes) is 2. The average Bonchev–Trinajstić information content (AvgIpc) is 2.34. The lowest BCUT2D eigenvalue weighted by atomic mass is 10.1. The Balaban J connectivity index is 2.82. The van der Waals surface area contributed by atoms with Crippen molar-refractivity contribution in [1.29, 1.82) is 0 Å². The van der Waals surface area contributed by atoms with Crippen molar-refractivity contribution >= 4 is 5.69 Å². The van der Waals surface area contributed by atoms with E-state index in [1.165, 1.54) is 12.8 Å². The summed E-state index contributed by atoms with van der Waals surface area (Å²) in [4.78, 5) is 2.25. The van der Waals surface area contributed by atoms with Gasteiger partial charge in [0.15, 0.2) is 0 Å². The van der Waals surface area contributed by atoms with Gasteiger partial charge in [0.2, 0.25) is 0 Å². The molecule has 102 valence electrons. The molecule has 0 heterocycles. The lowest BCUT2D eigenvalue weighted by Gasteiger charge is -2.29. The minimum atomic E-state index is -0.198. The summed E-state index contributed by atoms with van der Waals surface area (Å²) in [5, 5.41) is 0. The van der Waals surface area contributed by atoms with Gasteiger partial charge in [-0.3, -0.25) is 0 Å². The predicted octanol–water partition coefficient (Wildman–Crippen LogP) is 3.69. The zero-order valence-corrected chi connectivity index (χ0v) is 11.7. The maximum atomic E-state index is 13.8. The Morgan fingerprint density at radius 2 is 2.00 bits per heavy atom. The Morgan fingerprint density at radius 1 is 1.28 bits per heavy atom. The van der Waals surface area contributed by atoms with Gasteiger partial charge >= 0.3 is 0 Å². The van der Waals surface area contributed by atoms with Crippen LogP contribution in [-0.4, -0.2) is 12.6 Å². The first-order valence-electron chi connectivity index (χ1n) is 6.85. The van der Waals surface area contributed by atoms with Crippen LogP contribution in [0.1, 0.15) is 45.6 Å². The van der Waals surface area contributed by atoms with Crippen LogP contribution in [0.15, 0.2) is 18.2 Å². The van der Waals surface area contributed by atoms with E-state index in [9.17, 15) is 4.39 Å². The molecule has 0 saturated heterocycles. The van der Waals surface area contributed by atoms with E-state index in [-0.39, 0.29) is 12.4 Å². The summed E-state index contributed by atoms with van der Waals surface area (Å²) in [7, 11) is 0. The molecule has 1 aromatic rings. The Bertz CT molecular complexity index is 364. The van der Waals surface area contributed by atoms with Gasteiger partial charge in [-0.1, -0.05) is 25.8 Å². The first-order chi connectivity index (χ1) is 8.60. The highest BCUT2D eigenvalue weighted by Crippen LogP contribution is 2.21. The molecular weight excluding hydrogens is 227 g/mol. The molecule has 3 heteroatoms. The molecule has 0 amide bonds. The summed E-state index contributed by atoms with van der Waals surface area (Å²) in [6.07, 6.45) is 3.56. The SMILES string of the molecule is CCCCCN(c1ccc(CN)c(F)c1)C(C)C. The number of hydrogen-bond acceptors (Lipinski definition) is 2. The number of benzene rings is 1. The van der Waals surface area contributed by atoms with Gasteiger partial charge in [-0.15, -0.1) is 0 Å². The van der Waals surface area contributed by atoms with Crippen molar-refractivity contribution in [1.82, 2.24) is 0 Å². The first kappa shape index (κ1) is 15.0. The van der Waals surface area contributed by atoms with Gasteiger partial charge in [-0.2, -0.15) is 0 Å². The van der Waals surface area contributed by atoms with Gasteiger partial charge in [-0.25, -0.2) is 4.39 Å². The second-order valence-electron chi connectivity index (χ2n) is 4.97. The van der Waals surface area contributed by atoms with Gasteiger partial charge in [0.05, 0.1) is 0 Å². The highest BCUT2D eigenvalue weighted by Gasteiger charge is 2.12. The van der Waals surface area contributed by atoms with E-state index in [0.717, 1.165) is 18.7 Å². The molecule has 18 heavy (non-hydrogen) atoms. The molecule has 0 unspecified atom stereocenters. The van der Waals surface area contributed by atoms with Crippen LogP contribution in [-0.2, 0) is 6.54 Å². The van der Waals surface area contributed by atoms with Crippen molar-refractivity contribution in [3.05, 3.63) is 29.6 Å². The normalized spacial score (nSPS) is 11.0. The maximum Gasteiger partial charge on any atom is 0.129 e. The van der Waals surface area contributed by atoms with Crippen molar-refractivity contribution in [2.75, 3.05) is 11.4 Å². The molecule has 0 radical (unpaired) electrons. The number of nitrogens with two attached hydrogens (primary N) is 1. The lowest BCUT2D eigenvalue weighted by Crippen LogP contribution is -2.31. The molecule has 1 rings (SSSR count). The van der Waals surface area contributed by atoms with Crippen LogP contribution in [0.25, 0.3) is 0 Å². The van der Waals surface area contributed by atoms with Crippen LogP contribution < -0.4 is 10.6 Å². The summed E-state index contributed by atoms with van der Waals surface area (Å²) in [6, 6.07) is 5.75. The van der Waals surface area contributed by atoms with E-state index >= 15 is 0 Å². The van der Waals surface area contributed by atoms with Crippen LogP contribution in [0.5, 0.6) is 0 Å². The van der Waals surface area contributed by atoms with E-state index in [1.54, 1.807) is 12.1 Å². The summed E-state index contributed by atoms with van der Waals surface area (Å²) < 4.78 is 13.8. The van der Waals surface area contributed by atoms with Crippen molar-refractivity contribution < 1.29 is 4.39 Å². The third kappa shape index (κ3) is 3.98. The van der Waals surface area contributed by atoms with Crippen molar-refractivity contribution in [2.24, 2.45) is 5.73 Å². The Kier molecular flexibility index (Phi) is 6.13. The Hall–Kier alpha value is -1.09. The molecule has 0 saturated carbocycles. The minimum absolute atomic E-state index is 0.198. The fraction of sp³-hybridized carbons (Fsp3) is 0.600. The predicted molar refractivity (Wildman–Crippen MR) is 76.3 cm³/mol. The number of halogens is 1. The number of rotatable bonds is 7. The van der Waals surface area contributed by atoms with Crippen LogP contribution in [0.4, 0.5) is 10.1 Å². The van der Waals surface area contributed by atoms with E-state index < -0.39 is 0 Å². The minimum Gasteiger partial charge on any atom is -0.369 e. The topological polar surface area (TPSA) is 29.3 Å². The molecule has 0 atom stereocenters. The summed E-state index contributed by atoms with van der Waals surface area (Å²) in [5.74, 6) is -0.198. The quantitative estimate of drug-likeness (QED) is 0.750. The van der Waals surface area contributed by atoms with Gasteiger partial charge in [-0.05, 0) is 32.4 Å². The van der Waals surface area contributed by atoms with Crippen LogP contribution in [0.2, 0.25) is 0 Å². The van der Waals surface area contributed by atoms with Gasteiger partial charge in [0.1, 0.15) is 5.82 Å². The zero-order chi connectivity index (χ0) is 13.5. The monoisotopic (exact) mass is 252 g/mol. The van der Waals surface area contributed by atoms with Crippen LogP contribution >= 0.6 is 0 Å². The second-order valence-corrected chi connectivity index (χ2v) is 4.97. The first-order valence-corrected chi connectivity index (χ1v) is 6.85. The van der Waals surface area contributed by atoms with Gasteiger partial charge in [0, 0.05) is 30.4 Å². The van der Waals surface area contributed by atoms with E-state index in [1.807, 2.05) is 6.07 Å². The third-order valence-corrected chi connectivity index (χ3v) is 3.21. The molecule has 0 aliphatic rings. The highest BCUT2D eigenvalue weighted by molar-refractivity contribution is 5.49. The van der Waals surface area contributed by atoms with E-state index in [0.29, 0.717) is 11.6 Å². The van der Waals surface area contributed by atoms with E-state index in [2.05, 4.69) is 25.7 Å². The summed E-state index contributed by atoms with van der Waals surface area (Å²) in [6.45, 7) is 7.70. The van der Waals surface area contributed by atoms with Crippen molar-refractivity contribution in [2.45, 2.75) is 52.6 Å². The number of nitrogens with zero attached hydrogens (tertiary/aromatic N) is 1. The number of hydrogen-bond donors (Lipinski definition) is 1. The molecule has 0 spiro atoms. The molecule has 2 N–H and O–H groups in total. The molecule has 1 aromatic carbocycles. The largest absolute Gasteiger partial charge is 0.369 e.